The van der Waals surface area contributed by atoms with Crippen molar-refractivity contribution in [3.8, 4) is 0 Å². The number of piperazine rings is 1. The number of rotatable bonds is 1. The lowest BCUT2D eigenvalue weighted by molar-refractivity contribution is 0.0561. The lowest BCUT2D eigenvalue weighted by atomic mass is 9.79. The molecule has 1 N–H and O–H groups in total. The zero-order valence-electron chi connectivity index (χ0n) is 10.6. The fraction of sp³-hybridized carbons (Fsp3) is 1.00. The van der Waals surface area contributed by atoms with Crippen LogP contribution in [0.5, 0.6) is 0 Å². The molecule has 0 bridgehead atoms. The first kappa shape index (κ1) is 11.4. The van der Waals surface area contributed by atoms with Crippen molar-refractivity contribution >= 4 is 0 Å². The smallest absolute Gasteiger partial charge is 0.0309 e. The number of hydrogen-bond acceptors (Lipinski definition) is 2. The van der Waals surface area contributed by atoms with Gasteiger partial charge >= 0.3 is 0 Å². The van der Waals surface area contributed by atoms with E-state index in [9.17, 15) is 0 Å². The van der Waals surface area contributed by atoms with E-state index in [4.69, 9.17) is 0 Å². The van der Waals surface area contributed by atoms with Crippen LogP contribution in [0.3, 0.4) is 0 Å². The van der Waals surface area contributed by atoms with Gasteiger partial charge in [-0.3, -0.25) is 0 Å². The Hall–Kier alpha value is -0.0800. The molecule has 0 amide bonds. The second-order valence-electron chi connectivity index (χ2n) is 5.95. The third kappa shape index (κ3) is 2.36. The fourth-order valence-corrected chi connectivity index (χ4v) is 3.44. The summed E-state index contributed by atoms with van der Waals surface area (Å²) in [6.45, 7) is 7.12. The summed E-state index contributed by atoms with van der Waals surface area (Å²) in [6, 6.07) is 0.734. The van der Waals surface area contributed by atoms with Gasteiger partial charge in [-0.05, 0) is 25.8 Å². The van der Waals surface area contributed by atoms with E-state index in [1.807, 2.05) is 0 Å². The van der Waals surface area contributed by atoms with Crippen molar-refractivity contribution in [2.24, 2.45) is 5.92 Å². The van der Waals surface area contributed by atoms with Gasteiger partial charge < -0.3 is 10.2 Å². The Morgan fingerprint density at radius 1 is 1.20 bits per heavy atom. The van der Waals surface area contributed by atoms with Crippen LogP contribution in [0.25, 0.3) is 0 Å². The Labute approximate surface area is 94.4 Å². The minimum atomic E-state index is 0.471. The van der Waals surface area contributed by atoms with Crippen molar-refractivity contribution in [2.45, 2.75) is 57.5 Å². The normalized spacial score (nSPS) is 32.4. The van der Waals surface area contributed by atoms with E-state index in [0.717, 1.165) is 12.0 Å². The highest BCUT2D eigenvalue weighted by Crippen LogP contribution is 2.32. The second kappa shape index (κ2) is 4.42. The van der Waals surface area contributed by atoms with Crippen LogP contribution in [0.2, 0.25) is 0 Å². The summed E-state index contributed by atoms with van der Waals surface area (Å²) in [5.74, 6) is 0.767. The molecule has 88 valence electrons. The van der Waals surface area contributed by atoms with E-state index in [-0.39, 0.29) is 0 Å². The molecule has 0 aromatic carbocycles. The molecule has 15 heavy (non-hydrogen) atoms. The molecule has 1 saturated heterocycles. The highest BCUT2D eigenvalue weighted by Gasteiger charge is 2.38. The lowest BCUT2D eigenvalue weighted by Gasteiger charge is -2.49. The van der Waals surface area contributed by atoms with Crippen molar-refractivity contribution in [2.75, 3.05) is 20.1 Å². The summed E-state index contributed by atoms with van der Waals surface area (Å²) in [5.41, 5.74) is 0.471. The van der Waals surface area contributed by atoms with Crippen molar-refractivity contribution in [3.63, 3.8) is 0 Å². The Morgan fingerprint density at radius 3 is 2.40 bits per heavy atom. The number of likely N-dealkylation sites (N-methyl/N-ethyl adjacent to an activating group) is 1. The zero-order chi connectivity index (χ0) is 10.9. The van der Waals surface area contributed by atoms with Crippen LogP contribution < -0.4 is 5.32 Å². The first-order valence-electron chi connectivity index (χ1n) is 6.58. The SMILES string of the molecule is CC(C)C1CNC2(CCCCC2)CN1C. The summed E-state index contributed by atoms with van der Waals surface area (Å²) >= 11 is 0. The van der Waals surface area contributed by atoms with Gasteiger partial charge in [-0.25, -0.2) is 0 Å². The Bertz CT molecular complexity index is 207. The molecule has 2 aliphatic rings. The lowest BCUT2D eigenvalue weighted by Crippen LogP contribution is -2.64. The van der Waals surface area contributed by atoms with Crippen molar-refractivity contribution < 1.29 is 0 Å². The van der Waals surface area contributed by atoms with Crippen molar-refractivity contribution in [1.29, 1.82) is 0 Å². The van der Waals surface area contributed by atoms with Gasteiger partial charge in [0.15, 0.2) is 0 Å². The van der Waals surface area contributed by atoms with E-state index in [1.54, 1.807) is 0 Å². The molecular formula is C13H26N2. The molecule has 0 aromatic rings. The van der Waals surface area contributed by atoms with Crippen LogP contribution in [-0.4, -0.2) is 36.6 Å². The van der Waals surface area contributed by atoms with Gasteiger partial charge in [0.2, 0.25) is 0 Å². The molecular weight excluding hydrogens is 184 g/mol. The average molecular weight is 210 g/mol. The summed E-state index contributed by atoms with van der Waals surface area (Å²) in [4.78, 5) is 2.59. The highest BCUT2D eigenvalue weighted by atomic mass is 15.2. The predicted octanol–water partition coefficient (Wildman–Crippen LogP) is 2.25. The van der Waals surface area contributed by atoms with Crippen LogP contribution >= 0.6 is 0 Å². The minimum Gasteiger partial charge on any atom is -0.308 e. The monoisotopic (exact) mass is 210 g/mol. The van der Waals surface area contributed by atoms with E-state index >= 15 is 0 Å². The number of nitrogens with zero attached hydrogens (tertiary/aromatic N) is 1. The molecule has 1 atom stereocenters. The zero-order valence-corrected chi connectivity index (χ0v) is 10.6. The fourth-order valence-electron chi connectivity index (χ4n) is 3.44. The van der Waals surface area contributed by atoms with E-state index < -0.39 is 0 Å². The first-order chi connectivity index (χ1) is 7.13. The maximum absolute atomic E-state index is 3.85. The Balaban J connectivity index is 1.97. The minimum absolute atomic E-state index is 0.471. The van der Waals surface area contributed by atoms with Gasteiger partial charge in [0.1, 0.15) is 0 Å². The number of nitrogens with one attached hydrogen (secondary N) is 1. The summed E-state index contributed by atoms with van der Waals surface area (Å²) in [6.07, 6.45) is 7.07. The van der Waals surface area contributed by atoms with Crippen molar-refractivity contribution in [3.05, 3.63) is 0 Å². The molecule has 1 saturated carbocycles. The molecule has 2 nitrogen and oxygen atoms in total. The predicted molar refractivity (Wildman–Crippen MR) is 65.1 cm³/mol. The van der Waals surface area contributed by atoms with Gasteiger partial charge in [-0.15, -0.1) is 0 Å². The molecule has 2 fully saturated rings. The quantitative estimate of drug-likeness (QED) is 0.714. The van der Waals surface area contributed by atoms with E-state index in [2.05, 4.69) is 31.1 Å². The molecule has 1 unspecified atom stereocenters. The van der Waals surface area contributed by atoms with Crippen LogP contribution in [-0.2, 0) is 0 Å². The van der Waals surface area contributed by atoms with Crippen molar-refractivity contribution in [1.82, 2.24) is 10.2 Å². The third-order valence-electron chi connectivity index (χ3n) is 4.38. The van der Waals surface area contributed by atoms with E-state index in [0.29, 0.717) is 5.54 Å². The highest BCUT2D eigenvalue weighted by molar-refractivity contribution is 4.99. The standard InChI is InChI=1S/C13H26N2/c1-11(2)12-9-14-13(10-15(12)3)7-5-4-6-8-13/h11-12,14H,4-10H2,1-3H3. The largest absolute Gasteiger partial charge is 0.308 e. The molecule has 0 aromatic heterocycles. The molecule has 1 aliphatic heterocycles. The maximum Gasteiger partial charge on any atom is 0.0309 e. The van der Waals surface area contributed by atoms with Gasteiger partial charge in [0, 0.05) is 24.7 Å². The molecule has 0 radical (unpaired) electrons. The number of hydrogen-bond donors (Lipinski definition) is 1. The van der Waals surface area contributed by atoms with Gasteiger partial charge in [0.25, 0.3) is 0 Å². The molecule has 1 spiro atoms. The third-order valence-corrected chi connectivity index (χ3v) is 4.38. The van der Waals surface area contributed by atoms with Crippen LogP contribution in [0.4, 0.5) is 0 Å². The van der Waals surface area contributed by atoms with Crippen LogP contribution in [0.1, 0.15) is 46.0 Å². The second-order valence-corrected chi connectivity index (χ2v) is 5.95. The Morgan fingerprint density at radius 2 is 1.87 bits per heavy atom. The van der Waals surface area contributed by atoms with Crippen LogP contribution in [0, 0.1) is 5.92 Å². The summed E-state index contributed by atoms with van der Waals surface area (Å²) in [5, 5.41) is 3.85. The molecule has 2 rings (SSSR count). The van der Waals surface area contributed by atoms with Crippen LogP contribution in [0.15, 0.2) is 0 Å². The average Bonchev–Trinajstić information content (AvgIpc) is 2.18. The topological polar surface area (TPSA) is 15.3 Å². The van der Waals surface area contributed by atoms with E-state index in [1.165, 1.54) is 45.2 Å². The summed E-state index contributed by atoms with van der Waals surface area (Å²) in [7, 11) is 2.31. The van der Waals surface area contributed by atoms with Gasteiger partial charge in [-0.1, -0.05) is 33.1 Å². The molecule has 2 heteroatoms. The summed E-state index contributed by atoms with van der Waals surface area (Å²) < 4.78 is 0. The molecule has 1 aliphatic carbocycles. The van der Waals surface area contributed by atoms with Gasteiger partial charge in [0.05, 0.1) is 0 Å². The van der Waals surface area contributed by atoms with Gasteiger partial charge in [-0.2, -0.15) is 0 Å². The first-order valence-corrected chi connectivity index (χ1v) is 6.58. The maximum atomic E-state index is 3.85. The molecule has 1 heterocycles. The Kier molecular flexibility index (Phi) is 3.36.